The van der Waals surface area contributed by atoms with Crippen molar-refractivity contribution in [1.29, 1.82) is 0 Å². The van der Waals surface area contributed by atoms with Crippen molar-refractivity contribution in [2.45, 2.75) is 26.0 Å². The van der Waals surface area contributed by atoms with Crippen LogP contribution in [0.2, 0.25) is 0 Å². The first-order chi connectivity index (χ1) is 12.4. The van der Waals surface area contributed by atoms with E-state index in [1.165, 1.54) is 28.8 Å². The molecule has 25 heavy (non-hydrogen) atoms. The number of benzene rings is 2. The third-order valence-corrected chi connectivity index (χ3v) is 5.39. The Morgan fingerprint density at radius 3 is 2.60 bits per heavy atom. The smallest absolute Gasteiger partial charge is 0.119 e. The molecular weight excluding hydrogens is 328 g/mol. The van der Waals surface area contributed by atoms with Gasteiger partial charge in [0.2, 0.25) is 0 Å². The molecule has 0 unspecified atom stereocenters. The Morgan fingerprint density at radius 1 is 1.04 bits per heavy atom. The molecule has 1 saturated carbocycles. The zero-order valence-electron chi connectivity index (χ0n) is 14.2. The molecule has 0 bridgehead atoms. The van der Waals surface area contributed by atoms with Gasteiger partial charge >= 0.3 is 0 Å². The number of thiazole rings is 1. The van der Waals surface area contributed by atoms with E-state index in [0.29, 0.717) is 6.61 Å². The fourth-order valence-corrected chi connectivity index (χ4v) is 3.58. The van der Waals surface area contributed by atoms with Gasteiger partial charge in [-0.2, -0.15) is 0 Å². The summed E-state index contributed by atoms with van der Waals surface area (Å²) >= 11 is 1.76. The second-order valence-corrected chi connectivity index (χ2v) is 7.61. The van der Waals surface area contributed by atoms with Crippen molar-refractivity contribution >= 4 is 11.3 Å². The lowest BCUT2D eigenvalue weighted by Gasteiger charge is -2.06. The highest BCUT2D eigenvalue weighted by molar-refractivity contribution is 7.15. The van der Waals surface area contributed by atoms with E-state index in [9.17, 15) is 0 Å². The molecule has 1 fully saturated rings. The second-order valence-electron chi connectivity index (χ2n) is 6.49. The van der Waals surface area contributed by atoms with Crippen LogP contribution in [0.3, 0.4) is 0 Å². The van der Waals surface area contributed by atoms with Crippen molar-refractivity contribution < 1.29 is 4.74 Å². The predicted octanol–water partition coefficient (Wildman–Crippen LogP) is 4.89. The van der Waals surface area contributed by atoms with Crippen LogP contribution in [0, 0.1) is 5.92 Å². The third-order valence-electron chi connectivity index (χ3n) is 4.35. The molecular formula is C21H22N2OS. The quantitative estimate of drug-likeness (QED) is 0.628. The van der Waals surface area contributed by atoms with Crippen molar-refractivity contribution in [3.8, 4) is 16.2 Å². The number of ether oxygens (including phenoxy) is 1. The Hall–Kier alpha value is -2.17. The normalized spacial score (nSPS) is 13.8. The Labute approximate surface area is 152 Å². The highest BCUT2D eigenvalue weighted by Gasteiger charge is 2.20. The SMILES string of the molecule is c1ccc(COc2ccc(-c3cnc(CNCC4CC4)s3)cc2)cc1. The molecule has 1 aliphatic rings. The van der Waals surface area contributed by atoms with Gasteiger partial charge < -0.3 is 10.1 Å². The fraction of sp³-hybridized carbons (Fsp3) is 0.286. The lowest BCUT2D eigenvalue weighted by molar-refractivity contribution is 0.306. The van der Waals surface area contributed by atoms with E-state index >= 15 is 0 Å². The topological polar surface area (TPSA) is 34.1 Å². The van der Waals surface area contributed by atoms with Crippen molar-refractivity contribution in [1.82, 2.24) is 10.3 Å². The summed E-state index contributed by atoms with van der Waals surface area (Å²) in [6.07, 6.45) is 4.74. The standard InChI is InChI=1S/C21H22N2OS/c1-2-4-17(5-3-1)15-24-19-10-8-18(9-11-19)20-13-23-21(25-20)14-22-12-16-6-7-16/h1-5,8-11,13,16,22H,6-7,12,14-15H2. The number of aromatic nitrogens is 1. The molecule has 1 aliphatic carbocycles. The van der Waals surface area contributed by atoms with Crippen LogP contribution < -0.4 is 10.1 Å². The largest absolute Gasteiger partial charge is 0.489 e. The number of nitrogens with one attached hydrogen (secondary N) is 1. The van der Waals surface area contributed by atoms with E-state index in [1.54, 1.807) is 11.3 Å². The summed E-state index contributed by atoms with van der Waals surface area (Å²) in [6, 6.07) is 18.5. The first kappa shape index (κ1) is 16.3. The molecule has 1 N–H and O–H groups in total. The molecule has 3 aromatic rings. The third kappa shape index (κ3) is 4.68. The molecule has 4 rings (SSSR count). The lowest BCUT2D eigenvalue weighted by atomic mass is 10.2. The van der Waals surface area contributed by atoms with Gasteiger partial charge in [-0.1, -0.05) is 30.3 Å². The molecule has 2 aromatic carbocycles. The van der Waals surface area contributed by atoms with Crippen molar-refractivity contribution in [3.63, 3.8) is 0 Å². The first-order valence-electron chi connectivity index (χ1n) is 8.79. The van der Waals surface area contributed by atoms with Crippen LogP contribution in [-0.4, -0.2) is 11.5 Å². The second kappa shape index (κ2) is 7.81. The van der Waals surface area contributed by atoms with Crippen LogP contribution in [0.15, 0.2) is 60.8 Å². The van der Waals surface area contributed by atoms with Crippen molar-refractivity contribution in [2.75, 3.05) is 6.54 Å². The van der Waals surface area contributed by atoms with Gasteiger partial charge in [0.05, 0.1) is 4.88 Å². The molecule has 0 atom stereocenters. The Bertz CT molecular complexity index is 794. The molecule has 1 heterocycles. The Kier molecular flexibility index (Phi) is 5.09. The van der Waals surface area contributed by atoms with Crippen molar-refractivity contribution in [2.24, 2.45) is 5.92 Å². The number of rotatable bonds is 8. The Balaban J connectivity index is 1.32. The van der Waals surface area contributed by atoms with E-state index in [-0.39, 0.29) is 0 Å². The minimum absolute atomic E-state index is 0.595. The fourth-order valence-electron chi connectivity index (χ4n) is 2.69. The molecule has 4 heteroatoms. The number of hydrogen-bond donors (Lipinski definition) is 1. The van der Waals surface area contributed by atoms with E-state index in [4.69, 9.17) is 4.74 Å². The highest BCUT2D eigenvalue weighted by atomic mass is 32.1. The number of nitrogens with zero attached hydrogens (tertiary/aromatic N) is 1. The van der Waals surface area contributed by atoms with Crippen LogP contribution in [0.4, 0.5) is 0 Å². The molecule has 0 saturated heterocycles. The summed E-state index contributed by atoms with van der Waals surface area (Å²) in [5, 5.41) is 4.65. The Morgan fingerprint density at radius 2 is 1.84 bits per heavy atom. The van der Waals surface area contributed by atoms with Crippen LogP contribution in [0.5, 0.6) is 5.75 Å². The first-order valence-corrected chi connectivity index (χ1v) is 9.61. The molecule has 1 aromatic heterocycles. The van der Waals surface area contributed by atoms with E-state index in [2.05, 4.69) is 34.6 Å². The predicted molar refractivity (Wildman–Crippen MR) is 103 cm³/mol. The summed E-state index contributed by atoms with van der Waals surface area (Å²) in [7, 11) is 0. The average molecular weight is 350 g/mol. The van der Waals surface area contributed by atoms with Crippen LogP contribution in [0.25, 0.3) is 10.4 Å². The van der Waals surface area contributed by atoms with Crippen LogP contribution >= 0.6 is 11.3 Å². The van der Waals surface area contributed by atoms with Gasteiger partial charge in [-0.3, -0.25) is 0 Å². The molecule has 0 aliphatic heterocycles. The highest BCUT2D eigenvalue weighted by Crippen LogP contribution is 2.29. The van der Waals surface area contributed by atoms with Gasteiger partial charge in [0.25, 0.3) is 0 Å². The number of hydrogen-bond acceptors (Lipinski definition) is 4. The zero-order chi connectivity index (χ0) is 16.9. The maximum Gasteiger partial charge on any atom is 0.119 e. The lowest BCUT2D eigenvalue weighted by Crippen LogP contribution is -2.15. The van der Waals surface area contributed by atoms with Crippen molar-refractivity contribution in [3.05, 3.63) is 71.4 Å². The van der Waals surface area contributed by atoms with Gasteiger partial charge in [0.1, 0.15) is 17.4 Å². The van der Waals surface area contributed by atoms with E-state index < -0.39 is 0 Å². The molecule has 0 amide bonds. The summed E-state index contributed by atoms with van der Waals surface area (Å²) < 4.78 is 5.85. The van der Waals surface area contributed by atoms with Gasteiger partial charge in [0.15, 0.2) is 0 Å². The summed E-state index contributed by atoms with van der Waals surface area (Å²) in [6.45, 7) is 2.60. The minimum atomic E-state index is 0.595. The molecule has 128 valence electrons. The maximum atomic E-state index is 5.85. The maximum absolute atomic E-state index is 5.85. The van der Waals surface area contributed by atoms with Gasteiger partial charge in [0, 0.05) is 12.7 Å². The van der Waals surface area contributed by atoms with Gasteiger partial charge in [-0.15, -0.1) is 11.3 Å². The zero-order valence-corrected chi connectivity index (χ0v) is 15.0. The van der Waals surface area contributed by atoms with Gasteiger partial charge in [-0.25, -0.2) is 4.98 Å². The van der Waals surface area contributed by atoms with E-state index in [0.717, 1.165) is 29.8 Å². The molecule has 0 spiro atoms. The van der Waals surface area contributed by atoms with Crippen LogP contribution in [0.1, 0.15) is 23.4 Å². The van der Waals surface area contributed by atoms with Crippen LogP contribution in [-0.2, 0) is 13.2 Å². The molecule has 0 radical (unpaired) electrons. The van der Waals surface area contributed by atoms with E-state index in [1.807, 2.05) is 36.5 Å². The summed E-state index contributed by atoms with van der Waals surface area (Å²) in [4.78, 5) is 5.74. The average Bonchev–Trinajstić information content (AvgIpc) is 3.37. The molecule has 3 nitrogen and oxygen atoms in total. The summed E-state index contributed by atoms with van der Waals surface area (Å²) in [5.41, 5.74) is 2.37. The monoisotopic (exact) mass is 350 g/mol. The van der Waals surface area contributed by atoms with Gasteiger partial charge in [-0.05, 0) is 60.7 Å². The minimum Gasteiger partial charge on any atom is -0.489 e. The summed E-state index contributed by atoms with van der Waals surface area (Å²) in [5.74, 6) is 1.80.